The third kappa shape index (κ3) is 2.15. The molecule has 2 rings (SSSR count). The van der Waals surface area contributed by atoms with Crippen LogP contribution in [-0.2, 0) is 0 Å². The molecule has 0 aromatic rings. The molecule has 0 aromatic heterocycles. The van der Waals surface area contributed by atoms with Gasteiger partial charge in [-0.05, 0) is 19.4 Å². The van der Waals surface area contributed by atoms with E-state index in [2.05, 4.69) is 11.9 Å². The van der Waals surface area contributed by atoms with E-state index >= 15 is 0 Å². The van der Waals surface area contributed by atoms with Gasteiger partial charge in [0.15, 0.2) is 0 Å². The minimum Gasteiger partial charge on any atom is -0.319 e. The first-order chi connectivity index (χ1) is 7.33. The zero-order chi connectivity index (χ0) is 10.7. The zero-order valence-corrected chi connectivity index (χ0v) is 9.11. The average Bonchev–Trinajstić information content (AvgIpc) is 2.63. The second-order valence-electron chi connectivity index (χ2n) is 4.21. The van der Waals surface area contributed by atoms with Crippen molar-refractivity contribution in [1.29, 1.82) is 0 Å². The van der Waals surface area contributed by atoms with Crippen LogP contribution < -0.4 is 5.32 Å². The van der Waals surface area contributed by atoms with Gasteiger partial charge in [-0.25, -0.2) is 4.79 Å². The van der Waals surface area contributed by atoms with Crippen molar-refractivity contribution < 1.29 is 4.79 Å². The first-order valence-corrected chi connectivity index (χ1v) is 5.70. The van der Waals surface area contributed by atoms with Gasteiger partial charge in [-0.2, -0.15) is 0 Å². The summed E-state index contributed by atoms with van der Waals surface area (Å²) in [6, 6.07) is 0.588. The molecule has 4 nitrogen and oxygen atoms in total. The molecule has 0 radical (unpaired) electrons. The van der Waals surface area contributed by atoms with Crippen LogP contribution in [0.3, 0.4) is 0 Å². The van der Waals surface area contributed by atoms with Crippen molar-refractivity contribution in [2.45, 2.75) is 18.9 Å². The maximum absolute atomic E-state index is 12.0. The second-order valence-corrected chi connectivity index (χ2v) is 4.21. The Kier molecular flexibility index (Phi) is 3.26. The molecule has 4 heteroatoms. The summed E-state index contributed by atoms with van der Waals surface area (Å²) in [4.78, 5) is 15.8. The minimum atomic E-state index is 0.184. The first kappa shape index (κ1) is 10.5. The molecule has 0 aliphatic carbocycles. The summed E-state index contributed by atoms with van der Waals surface area (Å²) < 4.78 is 0. The predicted octanol–water partition coefficient (Wildman–Crippen LogP) is 0.662. The topological polar surface area (TPSA) is 35.6 Å². The van der Waals surface area contributed by atoms with Gasteiger partial charge >= 0.3 is 6.03 Å². The van der Waals surface area contributed by atoms with E-state index in [0.717, 1.165) is 32.6 Å². The lowest BCUT2D eigenvalue weighted by Crippen LogP contribution is -2.47. The number of carbonyl (C=O) groups excluding carboxylic acids is 1. The Bertz CT molecular complexity index is 248. The summed E-state index contributed by atoms with van der Waals surface area (Å²) in [5.74, 6) is 0. The van der Waals surface area contributed by atoms with Crippen LogP contribution in [0.2, 0.25) is 0 Å². The average molecular weight is 209 g/mol. The molecule has 1 N–H and O–H groups in total. The highest BCUT2D eigenvalue weighted by Gasteiger charge is 2.33. The molecule has 2 saturated heterocycles. The Morgan fingerprint density at radius 1 is 1.53 bits per heavy atom. The van der Waals surface area contributed by atoms with E-state index in [4.69, 9.17) is 0 Å². The molecule has 2 amide bonds. The molecule has 84 valence electrons. The molecule has 0 spiro atoms. The lowest BCUT2D eigenvalue weighted by molar-refractivity contribution is 0.169. The highest BCUT2D eigenvalue weighted by Crippen LogP contribution is 2.17. The third-order valence-electron chi connectivity index (χ3n) is 3.19. The van der Waals surface area contributed by atoms with Gasteiger partial charge in [0.05, 0.1) is 0 Å². The van der Waals surface area contributed by atoms with Gasteiger partial charge < -0.3 is 15.1 Å². The van der Waals surface area contributed by atoms with Gasteiger partial charge in [0.25, 0.3) is 0 Å². The molecule has 15 heavy (non-hydrogen) atoms. The molecule has 1 unspecified atom stereocenters. The Morgan fingerprint density at radius 2 is 2.40 bits per heavy atom. The summed E-state index contributed by atoms with van der Waals surface area (Å²) in [5, 5.41) is 3.35. The molecule has 0 aromatic carbocycles. The van der Waals surface area contributed by atoms with E-state index < -0.39 is 0 Å². The number of hydrogen-bond acceptors (Lipinski definition) is 2. The highest BCUT2D eigenvalue weighted by molar-refractivity contribution is 5.77. The van der Waals surface area contributed by atoms with Crippen LogP contribution in [0.4, 0.5) is 4.79 Å². The molecular weight excluding hydrogens is 190 g/mol. The normalized spacial score (nSPS) is 27.2. The van der Waals surface area contributed by atoms with Gasteiger partial charge in [-0.1, -0.05) is 6.08 Å². The van der Waals surface area contributed by atoms with Crippen LogP contribution >= 0.6 is 0 Å². The van der Waals surface area contributed by atoms with Crippen molar-refractivity contribution in [3.63, 3.8) is 0 Å². The smallest absolute Gasteiger partial charge is 0.319 e. The number of nitrogens with zero attached hydrogens (tertiary/aromatic N) is 2. The summed E-state index contributed by atoms with van der Waals surface area (Å²) >= 11 is 0. The maximum Gasteiger partial charge on any atom is 0.320 e. The van der Waals surface area contributed by atoms with E-state index in [1.807, 2.05) is 9.80 Å². The number of urea groups is 1. The largest absolute Gasteiger partial charge is 0.320 e. The van der Waals surface area contributed by atoms with Crippen LogP contribution in [0.25, 0.3) is 0 Å². The van der Waals surface area contributed by atoms with Gasteiger partial charge in [0, 0.05) is 32.2 Å². The summed E-state index contributed by atoms with van der Waals surface area (Å²) in [6.45, 7) is 8.11. The fraction of sp³-hybridized carbons (Fsp3) is 0.727. The maximum atomic E-state index is 12.0. The van der Waals surface area contributed by atoms with Crippen molar-refractivity contribution >= 4 is 6.03 Å². The lowest BCUT2D eigenvalue weighted by atomic mass is 10.1. The van der Waals surface area contributed by atoms with Crippen LogP contribution in [0, 0.1) is 0 Å². The summed E-state index contributed by atoms with van der Waals surface area (Å²) in [7, 11) is 0. The van der Waals surface area contributed by atoms with Crippen molar-refractivity contribution in [2.75, 3.05) is 32.7 Å². The van der Waals surface area contributed by atoms with E-state index in [0.29, 0.717) is 12.6 Å². The van der Waals surface area contributed by atoms with Crippen LogP contribution in [-0.4, -0.2) is 54.6 Å². The van der Waals surface area contributed by atoms with E-state index in [1.54, 1.807) is 6.08 Å². The number of rotatable bonds is 3. The number of nitrogens with one attached hydrogen (secondary N) is 1. The molecule has 2 aliphatic heterocycles. The van der Waals surface area contributed by atoms with E-state index in [9.17, 15) is 4.79 Å². The lowest BCUT2D eigenvalue weighted by Gasteiger charge is -2.31. The highest BCUT2D eigenvalue weighted by atomic mass is 16.2. The number of piperidine rings is 1. The van der Waals surface area contributed by atoms with Gasteiger partial charge in [-0.3, -0.25) is 0 Å². The van der Waals surface area contributed by atoms with Crippen molar-refractivity contribution in [3.05, 3.63) is 12.7 Å². The molecule has 2 aliphatic rings. The fourth-order valence-corrected chi connectivity index (χ4v) is 2.36. The zero-order valence-electron chi connectivity index (χ0n) is 9.11. The molecule has 0 saturated carbocycles. The SMILES string of the molecule is C=CCN1CCN(C2CCCNC2)C1=O. The third-order valence-corrected chi connectivity index (χ3v) is 3.19. The molecule has 0 bridgehead atoms. The quantitative estimate of drug-likeness (QED) is 0.693. The molecule has 1 atom stereocenters. The van der Waals surface area contributed by atoms with Crippen LogP contribution in [0.1, 0.15) is 12.8 Å². The molecule has 2 heterocycles. The monoisotopic (exact) mass is 209 g/mol. The van der Waals surface area contributed by atoms with E-state index in [-0.39, 0.29) is 6.03 Å². The van der Waals surface area contributed by atoms with Crippen LogP contribution in [0.15, 0.2) is 12.7 Å². The first-order valence-electron chi connectivity index (χ1n) is 5.70. The standard InChI is InChI=1S/C11H19N3O/c1-2-6-13-7-8-14(11(13)15)10-4-3-5-12-9-10/h2,10,12H,1,3-9H2. The minimum absolute atomic E-state index is 0.184. The summed E-state index contributed by atoms with van der Waals surface area (Å²) in [5.41, 5.74) is 0. The molecular formula is C11H19N3O. The van der Waals surface area contributed by atoms with E-state index in [1.165, 1.54) is 6.42 Å². The number of carbonyl (C=O) groups is 1. The van der Waals surface area contributed by atoms with Gasteiger partial charge in [-0.15, -0.1) is 6.58 Å². The van der Waals surface area contributed by atoms with Crippen molar-refractivity contribution in [3.8, 4) is 0 Å². The Hall–Kier alpha value is -1.03. The van der Waals surface area contributed by atoms with Gasteiger partial charge in [0.1, 0.15) is 0 Å². The number of hydrogen-bond donors (Lipinski definition) is 1. The predicted molar refractivity (Wildman–Crippen MR) is 59.8 cm³/mol. The van der Waals surface area contributed by atoms with Crippen molar-refractivity contribution in [2.24, 2.45) is 0 Å². The van der Waals surface area contributed by atoms with Crippen molar-refractivity contribution in [1.82, 2.24) is 15.1 Å². The van der Waals surface area contributed by atoms with Gasteiger partial charge in [0.2, 0.25) is 0 Å². The Morgan fingerprint density at radius 3 is 3.07 bits per heavy atom. The number of amides is 2. The Balaban J connectivity index is 1.93. The van der Waals surface area contributed by atoms with Crippen LogP contribution in [0.5, 0.6) is 0 Å². The molecule has 2 fully saturated rings. The Labute approximate surface area is 90.9 Å². The fourth-order valence-electron chi connectivity index (χ4n) is 2.36. The second kappa shape index (κ2) is 4.66. The summed E-state index contributed by atoms with van der Waals surface area (Å²) in [6.07, 6.45) is 4.11.